The van der Waals surface area contributed by atoms with E-state index in [0.29, 0.717) is 12.3 Å². The van der Waals surface area contributed by atoms with E-state index in [4.69, 9.17) is 0 Å². The number of likely N-dealkylation sites (tertiary alicyclic amines) is 1. The average molecular weight is 376 g/mol. The number of aromatic nitrogens is 3. The number of carbonyl (C=O) groups excluding carboxylic acids is 1. The Labute approximate surface area is 161 Å². The van der Waals surface area contributed by atoms with Gasteiger partial charge in [0.1, 0.15) is 11.6 Å². The van der Waals surface area contributed by atoms with Crippen LogP contribution in [0, 0.1) is 5.92 Å². The van der Waals surface area contributed by atoms with Crippen LogP contribution in [-0.4, -0.2) is 65.3 Å². The van der Waals surface area contributed by atoms with E-state index in [-0.39, 0.29) is 5.91 Å². The zero-order chi connectivity index (χ0) is 19.1. The largest absolute Gasteiger partial charge is 0.359 e. The van der Waals surface area contributed by atoms with Crippen molar-refractivity contribution in [1.29, 1.82) is 0 Å². The zero-order valence-electron chi connectivity index (χ0n) is 16.7. The monoisotopic (exact) mass is 375 g/mol. The van der Waals surface area contributed by atoms with E-state index < -0.39 is 0 Å². The summed E-state index contributed by atoms with van der Waals surface area (Å²) in [6.45, 7) is 3.75. The van der Waals surface area contributed by atoms with Gasteiger partial charge in [0, 0.05) is 59.5 Å². The van der Waals surface area contributed by atoms with Crippen molar-refractivity contribution in [3.05, 3.63) is 11.6 Å². The number of hydrogen-bond donors (Lipinski definition) is 2. The minimum absolute atomic E-state index is 0.142. The lowest BCUT2D eigenvalue weighted by atomic mass is 9.93. The summed E-state index contributed by atoms with van der Waals surface area (Å²) in [6, 6.07) is 0. The molecule has 150 valence electrons. The number of piperidine rings is 1. The second kappa shape index (κ2) is 9.71. The molecule has 0 aliphatic carbocycles. The van der Waals surface area contributed by atoms with Gasteiger partial charge >= 0.3 is 0 Å². The maximum atomic E-state index is 11.6. The highest BCUT2D eigenvalue weighted by Gasteiger charge is 2.23. The number of aliphatic imine (C=N–C) groups is 1. The molecule has 1 saturated heterocycles. The molecule has 2 aliphatic heterocycles. The second-order valence-corrected chi connectivity index (χ2v) is 7.53. The number of hydrogen-bond acceptors (Lipinski definition) is 4. The summed E-state index contributed by atoms with van der Waals surface area (Å²) in [4.78, 5) is 18.3. The van der Waals surface area contributed by atoms with E-state index in [1.54, 1.807) is 7.05 Å². The molecule has 1 amide bonds. The Morgan fingerprint density at radius 2 is 2.00 bits per heavy atom. The molecule has 3 heterocycles. The lowest BCUT2D eigenvalue weighted by Gasteiger charge is -2.34. The molecule has 0 saturated carbocycles. The van der Waals surface area contributed by atoms with Crippen molar-refractivity contribution < 1.29 is 4.79 Å². The third-order valence-corrected chi connectivity index (χ3v) is 5.70. The molecular weight excluding hydrogens is 342 g/mol. The molecule has 1 aromatic heterocycles. The van der Waals surface area contributed by atoms with Crippen LogP contribution in [0.15, 0.2) is 4.99 Å². The molecule has 0 radical (unpaired) electrons. The highest BCUT2D eigenvalue weighted by atomic mass is 16.1. The number of fused-ring (bicyclic) bond motifs is 1. The Morgan fingerprint density at radius 1 is 1.19 bits per heavy atom. The summed E-state index contributed by atoms with van der Waals surface area (Å²) in [7, 11) is 3.54. The minimum Gasteiger partial charge on any atom is -0.359 e. The summed E-state index contributed by atoms with van der Waals surface area (Å²) in [5, 5.41) is 15.0. The van der Waals surface area contributed by atoms with Crippen LogP contribution in [0.3, 0.4) is 0 Å². The van der Waals surface area contributed by atoms with Crippen LogP contribution in [0.5, 0.6) is 0 Å². The van der Waals surface area contributed by atoms with Crippen LogP contribution in [-0.2, 0) is 24.2 Å². The van der Waals surface area contributed by atoms with Crippen LogP contribution in [0.25, 0.3) is 0 Å². The molecule has 0 atom stereocenters. The SMILES string of the molecule is CN=C(NCCc1nnc2n1CCCCC2)N1CCC(CC(=O)NC)CC1. The standard InChI is InChI=1S/C19H33N7O/c1-20-18(27)14-15-8-12-25(13-9-15)19(21-2)22-10-7-17-24-23-16-6-4-3-5-11-26(16)17/h15H,3-14H2,1-2H3,(H,20,27)(H,21,22). The molecule has 2 aliphatic rings. The number of aryl methyl sites for hydroxylation is 1. The Hall–Kier alpha value is -2.12. The first-order chi connectivity index (χ1) is 13.2. The molecule has 0 aromatic carbocycles. The number of rotatable bonds is 5. The lowest BCUT2D eigenvalue weighted by Crippen LogP contribution is -2.46. The van der Waals surface area contributed by atoms with E-state index in [0.717, 1.165) is 69.5 Å². The smallest absolute Gasteiger partial charge is 0.220 e. The Balaban J connectivity index is 1.45. The van der Waals surface area contributed by atoms with Crippen molar-refractivity contribution in [2.24, 2.45) is 10.9 Å². The molecule has 8 heteroatoms. The van der Waals surface area contributed by atoms with Gasteiger partial charge in [-0.05, 0) is 31.6 Å². The van der Waals surface area contributed by atoms with Crippen molar-refractivity contribution in [3.8, 4) is 0 Å². The number of nitrogens with zero attached hydrogens (tertiary/aromatic N) is 5. The van der Waals surface area contributed by atoms with Crippen LogP contribution in [0.2, 0.25) is 0 Å². The fourth-order valence-electron chi connectivity index (χ4n) is 4.06. The zero-order valence-corrected chi connectivity index (χ0v) is 16.7. The first kappa shape index (κ1) is 19.6. The molecule has 1 fully saturated rings. The predicted molar refractivity (Wildman–Crippen MR) is 106 cm³/mol. The molecular formula is C19H33N7O. The van der Waals surface area contributed by atoms with Crippen LogP contribution in [0.4, 0.5) is 0 Å². The molecule has 0 bridgehead atoms. The quantitative estimate of drug-likeness (QED) is 0.591. The maximum Gasteiger partial charge on any atom is 0.220 e. The molecule has 2 N–H and O–H groups in total. The minimum atomic E-state index is 0.142. The molecule has 8 nitrogen and oxygen atoms in total. The summed E-state index contributed by atoms with van der Waals surface area (Å²) in [5.41, 5.74) is 0. The molecule has 27 heavy (non-hydrogen) atoms. The predicted octanol–water partition coefficient (Wildman–Crippen LogP) is 0.971. The fourth-order valence-corrected chi connectivity index (χ4v) is 4.06. The maximum absolute atomic E-state index is 11.6. The molecule has 1 aromatic rings. The van der Waals surface area contributed by atoms with Crippen molar-refractivity contribution in [3.63, 3.8) is 0 Å². The summed E-state index contributed by atoms with van der Waals surface area (Å²) < 4.78 is 2.31. The van der Waals surface area contributed by atoms with Crippen LogP contribution >= 0.6 is 0 Å². The van der Waals surface area contributed by atoms with Gasteiger partial charge in [0.2, 0.25) is 5.91 Å². The summed E-state index contributed by atoms with van der Waals surface area (Å²) in [5.74, 6) is 3.79. The van der Waals surface area contributed by atoms with E-state index >= 15 is 0 Å². The van der Waals surface area contributed by atoms with E-state index in [9.17, 15) is 4.79 Å². The first-order valence-corrected chi connectivity index (χ1v) is 10.3. The van der Waals surface area contributed by atoms with E-state index in [1.807, 2.05) is 7.05 Å². The Kier molecular flexibility index (Phi) is 7.06. The Morgan fingerprint density at radius 3 is 2.74 bits per heavy atom. The van der Waals surface area contributed by atoms with Gasteiger partial charge in [-0.25, -0.2) is 0 Å². The van der Waals surface area contributed by atoms with Crippen molar-refractivity contribution >= 4 is 11.9 Å². The number of nitrogens with one attached hydrogen (secondary N) is 2. The average Bonchev–Trinajstić information content (AvgIpc) is 2.92. The number of amides is 1. The van der Waals surface area contributed by atoms with Gasteiger partial charge in [-0.15, -0.1) is 10.2 Å². The topological polar surface area (TPSA) is 87.4 Å². The van der Waals surface area contributed by atoms with Gasteiger partial charge in [0.25, 0.3) is 0 Å². The second-order valence-electron chi connectivity index (χ2n) is 7.53. The van der Waals surface area contributed by atoms with Crippen LogP contribution in [0.1, 0.15) is 50.2 Å². The molecule has 3 rings (SSSR count). The van der Waals surface area contributed by atoms with Gasteiger partial charge in [-0.2, -0.15) is 0 Å². The summed E-state index contributed by atoms with van der Waals surface area (Å²) >= 11 is 0. The highest BCUT2D eigenvalue weighted by Crippen LogP contribution is 2.20. The number of carbonyl (C=O) groups is 1. The Bertz CT molecular complexity index is 646. The molecule has 0 spiro atoms. The van der Waals surface area contributed by atoms with Gasteiger partial charge in [-0.1, -0.05) is 6.42 Å². The van der Waals surface area contributed by atoms with Gasteiger partial charge < -0.3 is 20.1 Å². The summed E-state index contributed by atoms with van der Waals surface area (Å²) in [6.07, 6.45) is 8.33. The van der Waals surface area contributed by atoms with E-state index in [1.165, 1.54) is 19.3 Å². The first-order valence-electron chi connectivity index (χ1n) is 10.3. The van der Waals surface area contributed by atoms with Crippen LogP contribution < -0.4 is 10.6 Å². The van der Waals surface area contributed by atoms with E-state index in [2.05, 4.69) is 35.3 Å². The van der Waals surface area contributed by atoms with Crippen molar-refractivity contribution in [2.75, 3.05) is 33.7 Å². The van der Waals surface area contributed by atoms with Gasteiger partial charge in [-0.3, -0.25) is 9.79 Å². The third-order valence-electron chi connectivity index (χ3n) is 5.70. The van der Waals surface area contributed by atoms with Gasteiger partial charge in [0.15, 0.2) is 5.96 Å². The highest BCUT2D eigenvalue weighted by molar-refractivity contribution is 5.80. The van der Waals surface area contributed by atoms with Crippen molar-refractivity contribution in [1.82, 2.24) is 30.3 Å². The van der Waals surface area contributed by atoms with Crippen molar-refractivity contribution in [2.45, 2.75) is 57.9 Å². The third kappa shape index (κ3) is 5.20. The van der Waals surface area contributed by atoms with Gasteiger partial charge in [0.05, 0.1) is 0 Å². The molecule has 0 unspecified atom stereocenters. The normalized spacial score (nSPS) is 18.7. The lowest BCUT2D eigenvalue weighted by molar-refractivity contribution is -0.121. The number of guanidine groups is 1. The fraction of sp³-hybridized carbons (Fsp3) is 0.789.